The first-order valence-electron chi connectivity index (χ1n) is 5.98. The van der Waals surface area contributed by atoms with Gasteiger partial charge in [-0.3, -0.25) is 4.98 Å². The zero-order chi connectivity index (χ0) is 12.8. The van der Waals surface area contributed by atoms with Crippen molar-refractivity contribution >= 4 is 27.5 Å². The molecule has 18 heavy (non-hydrogen) atoms. The van der Waals surface area contributed by atoms with Crippen molar-refractivity contribution in [3.05, 3.63) is 64.4 Å². The molecule has 1 aromatic carbocycles. The molecule has 0 aliphatic carbocycles. The normalized spacial score (nSPS) is 12.3. The van der Waals surface area contributed by atoms with Crippen LogP contribution in [0.15, 0.2) is 53.1 Å². The average molecular weight is 325 g/mol. The van der Waals surface area contributed by atoms with Crippen molar-refractivity contribution in [3.8, 4) is 0 Å². The van der Waals surface area contributed by atoms with E-state index >= 15 is 0 Å². The highest BCUT2D eigenvalue weighted by Gasteiger charge is 2.10. The monoisotopic (exact) mass is 323 g/mol. The number of alkyl halides is 1. The molecule has 94 valence electrons. The summed E-state index contributed by atoms with van der Waals surface area (Å²) in [6, 6.07) is 14.5. The Morgan fingerprint density at radius 2 is 1.83 bits per heavy atom. The molecular weight excluding hydrogens is 310 g/mol. The van der Waals surface area contributed by atoms with Gasteiger partial charge in [-0.05, 0) is 52.4 Å². The Kier molecular flexibility index (Phi) is 5.21. The van der Waals surface area contributed by atoms with Gasteiger partial charge in [0.1, 0.15) is 0 Å². The molecule has 0 spiro atoms. The maximum absolute atomic E-state index is 6.06. The molecular formula is C15H15BrClN. The van der Waals surface area contributed by atoms with Crippen LogP contribution in [-0.2, 0) is 12.8 Å². The molecule has 0 saturated heterocycles. The van der Waals surface area contributed by atoms with E-state index in [9.17, 15) is 0 Å². The SMILES string of the molecule is ClCC(Cc1ccccc1)Cc1ccc(Br)cn1. The van der Waals surface area contributed by atoms with Crippen LogP contribution >= 0.6 is 27.5 Å². The van der Waals surface area contributed by atoms with Gasteiger partial charge in [0, 0.05) is 22.2 Å². The Morgan fingerprint density at radius 3 is 2.44 bits per heavy atom. The molecule has 0 amide bonds. The lowest BCUT2D eigenvalue weighted by molar-refractivity contribution is 0.575. The third-order valence-corrected chi connectivity index (χ3v) is 3.78. The van der Waals surface area contributed by atoms with Gasteiger partial charge < -0.3 is 0 Å². The second-order valence-corrected chi connectivity index (χ2v) is 5.61. The lowest BCUT2D eigenvalue weighted by Crippen LogP contribution is -2.11. The topological polar surface area (TPSA) is 12.9 Å². The van der Waals surface area contributed by atoms with Crippen LogP contribution in [0.1, 0.15) is 11.3 Å². The highest BCUT2D eigenvalue weighted by molar-refractivity contribution is 9.10. The minimum absolute atomic E-state index is 0.433. The summed E-state index contributed by atoms with van der Waals surface area (Å²) in [5.41, 5.74) is 2.43. The number of aromatic nitrogens is 1. The van der Waals surface area contributed by atoms with E-state index in [-0.39, 0.29) is 0 Å². The van der Waals surface area contributed by atoms with Crippen LogP contribution in [-0.4, -0.2) is 10.9 Å². The highest BCUT2D eigenvalue weighted by atomic mass is 79.9. The van der Waals surface area contributed by atoms with E-state index in [1.165, 1.54) is 5.56 Å². The first kappa shape index (κ1) is 13.6. The summed E-state index contributed by atoms with van der Waals surface area (Å²) in [4.78, 5) is 4.40. The van der Waals surface area contributed by atoms with Crippen LogP contribution < -0.4 is 0 Å². The molecule has 0 N–H and O–H groups in total. The molecule has 0 saturated carbocycles. The number of rotatable bonds is 5. The number of pyridine rings is 1. The van der Waals surface area contributed by atoms with E-state index in [4.69, 9.17) is 11.6 Å². The smallest absolute Gasteiger partial charge is 0.0413 e. The van der Waals surface area contributed by atoms with Gasteiger partial charge >= 0.3 is 0 Å². The molecule has 1 unspecified atom stereocenters. The van der Waals surface area contributed by atoms with E-state index in [0.717, 1.165) is 23.0 Å². The Labute approximate surface area is 121 Å². The molecule has 0 aliphatic heterocycles. The fourth-order valence-corrected chi connectivity index (χ4v) is 2.40. The largest absolute Gasteiger partial charge is 0.260 e. The summed E-state index contributed by atoms with van der Waals surface area (Å²) < 4.78 is 1.01. The van der Waals surface area contributed by atoms with Crippen LogP contribution in [0, 0.1) is 5.92 Å². The van der Waals surface area contributed by atoms with Crippen LogP contribution in [0.3, 0.4) is 0 Å². The summed E-state index contributed by atoms with van der Waals surface area (Å²) in [6.45, 7) is 0. The summed E-state index contributed by atoms with van der Waals surface area (Å²) in [6.07, 6.45) is 3.76. The number of halogens is 2. The molecule has 2 aromatic rings. The Balaban J connectivity index is 1.99. The lowest BCUT2D eigenvalue weighted by atomic mass is 9.96. The minimum Gasteiger partial charge on any atom is -0.260 e. The van der Waals surface area contributed by atoms with Crippen molar-refractivity contribution in [3.63, 3.8) is 0 Å². The first-order chi connectivity index (χ1) is 8.78. The predicted molar refractivity (Wildman–Crippen MR) is 80.0 cm³/mol. The Hall–Kier alpha value is -0.860. The number of hydrogen-bond acceptors (Lipinski definition) is 1. The molecule has 1 heterocycles. The lowest BCUT2D eigenvalue weighted by Gasteiger charge is -2.13. The van der Waals surface area contributed by atoms with E-state index in [1.54, 1.807) is 0 Å². The van der Waals surface area contributed by atoms with Gasteiger partial charge in [0.25, 0.3) is 0 Å². The summed E-state index contributed by atoms with van der Waals surface area (Å²) >= 11 is 9.46. The van der Waals surface area contributed by atoms with Gasteiger partial charge in [0.2, 0.25) is 0 Å². The van der Waals surface area contributed by atoms with Crippen molar-refractivity contribution in [2.45, 2.75) is 12.8 Å². The van der Waals surface area contributed by atoms with Crippen LogP contribution in [0.25, 0.3) is 0 Å². The molecule has 2 rings (SSSR count). The highest BCUT2D eigenvalue weighted by Crippen LogP contribution is 2.16. The zero-order valence-corrected chi connectivity index (χ0v) is 12.4. The molecule has 1 atom stereocenters. The molecule has 0 radical (unpaired) electrons. The summed E-state index contributed by atoms with van der Waals surface area (Å²) in [5, 5.41) is 0. The first-order valence-corrected chi connectivity index (χ1v) is 7.31. The fraction of sp³-hybridized carbons (Fsp3) is 0.267. The van der Waals surface area contributed by atoms with Crippen molar-refractivity contribution in [2.75, 3.05) is 5.88 Å². The van der Waals surface area contributed by atoms with E-state index < -0.39 is 0 Å². The molecule has 1 aromatic heterocycles. The summed E-state index contributed by atoms with van der Waals surface area (Å²) in [5.74, 6) is 1.09. The zero-order valence-electron chi connectivity index (χ0n) is 10.0. The van der Waals surface area contributed by atoms with E-state index in [0.29, 0.717) is 11.8 Å². The molecule has 0 aliphatic rings. The van der Waals surface area contributed by atoms with Crippen LogP contribution in [0.2, 0.25) is 0 Å². The third-order valence-electron chi connectivity index (χ3n) is 2.87. The molecule has 0 bridgehead atoms. The number of hydrogen-bond donors (Lipinski definition) is 0. The molecule has 0 fully saturated rings. The van der Waals surface area contributed by atoms with E-state index in [1.807, 2.05) is 18.3 Å². The average Bonchev–Trinajstić information content (AvgIpc) is 2.41. The van der Waals surface area contributed by atoms with Gasteiger partial charge in [0.05, 0.1) is 0 Å². The predicted octanol–water partition coefficient (Wildman–Crippen LogP) is 4.48. The van der Waals surface area contributed by atoms with Crippen LogP contribution in [0.5, 0.6) is 0 Å². The standard InChI is InChI=1S/C15H15BrClN/c16-14-6-7-15(18-11-14)9-13(10-17)8-12-4-2-1-3-5-12/h1-7,11,13H,8-10H2. The van der Waals surface area contributed by atoms with Crippen molar-refractivity contribution in [1.29, 1.82) is 0 Å². The second kappa shape index (κ2) is 6.91. The maximum Gasteiger partial charge on any atom is 0.0413 e. The van der Waals surface area contributed by atoms with E-state index in [2.05, 4.69) is 51.2 Å². The van der Waals surface area contributed by atoms with Crippen molar-refractivity contribution < 1.29 is 0 Å². The second-order valence-electron chi connectivity index (χ2n) is 4.38. The van der Waals surface area contributed by atoms with Gasteiger partial charge in [-0.25, -0.2) is 0 Å². The number of nitrogens with zero attached hydrogens (tertiary/aromatic N) is 1. The molecule has 1 nitrogen and oxygen atoms in total. The van der Waals surface area contributed by atoms with Gasteiger partial charge in [-0.1, -0.05) is 30.3 Å². The Morgan fingerprint density at radius 1 is 1.06 bits per heavy atom. The maximum atomic E-state index is 6.06. The fourth-order valence-electron chi connectivity index (χ4n) is 1.95. The van der Waals surface area contributed by atoms with Gasteiger partial charge in [0.15, 0.2) is 0 Å². The number of benzene rings is 1. The molecule has 3 heteroatoms. The third kappa shape index (κ3) is 4.11. The van der Waals surface area contributed by atoms with Crippen LogP contribution in [0.4, 0.5) is 0 Å². The quantitative estimate of drug-likeness (QED) is 0.739. The minimum atomic E-state index is 0.433. The summed E-state index contributed by atoms with van der Waals surface area (Å²) in [7, 11) is 0. The van der Waals surface area contributed by atoms with Gasteiger partial charge in [-0.15, -0.1) is 11.6 Å². The Bertz CT molecular complexity index is 470. The van der Waals surface area contributed by atoms with Gasteiger partial charge in [-0.2, -0.15) is 0 Å². The van der Waals surface area contributed by atoms with Crippen molar-refractivity contribution in [2.24, 2.45) is 5.92 Å². The van der Waals surface area contributed by atoms with Crippen molar-refractivity contribution in [1.82, 2.24) is 4.98 Å².